The van der Waals surface area contributed by atoms with Gasteiger partial charge in [-0.05, 0) is 42.2 Å². The minimum Gasteiger partial charge on any atom is -0.345 e. The molecule has 0 saturated heterocycles. The summed E-state index contributed by atoms with van der Waals surface area (Å²) in [6.45, 7) is 1.76. The van der Waals surface area contributed by atoms with Gasteiger partial charge < -0.3 is 5.32 Å². The molecule has 0 saturated carbocycles. The molecule has 0 spiro atoms. The summed E-state index contributed by atoms with van der Waals surface area (Å²) >= 11 is 15.7. The highest BCUT2D eigenvalue weighted by molar-refractivity contribution is 8.01. The van der Waals surface area contributed by atoms with Gasteiger partial charge in [0.25, 0.3) is 5.91 Å². The first-order valence-corrected chi connectivity index (χ1v) is 14.8. The monoisotopic (exact) mass is 647 g/mol. The molecule has 0 bridgehead atoms. The van der Waals surface area contributed by atoms with Crippen molar-refractivity contribution in [2.45, 2.75) is 29.1 Å². The van der Waals surface area contributed by atoms with Crippen LogP contribution in [0.15, 0.2) is 52.0 Å². The number of anilines is 1. The number of aromatic nitrogens is 5. The maximum Gasteiger partial charge on any atom is 0.416 e. The highest BCUT2D eigenvalue weighted by Gasteiger charge is 2.31. The van der Waals surface area contributed by atoms with E-state index in [2.05, 4.69) is 31.0 Å². The van der Waals surface area contributed by atoms with E-state index in [-0.39, 0.29) is 39.6 Å². The lowest BCUT2D eigenvalue weighted by molar-refractivity contribution is -0.137. The molecule has 40 heavy (non-hydrogen) atoms. The van der Waals surface area contributed by atoms with Gasteiger partial charge in [0.15, 0.2) is 15.3 Å². The molecule has 9 nitrogen and oxygen atoms in total. The lowest BCUT2D eigenvalue weighted by Crippen LogP contribution is -2.25. The van der Waals surface area contributed by atoms with Gasteiger partial charge >= 0.3 is 6.18 Å². The summed E-state index contributed by atoms with van der Waals surface area (Å²) in [4.78, 5) is 25.3. The maximum atomic E-state index is 13.4. The lowest BCUT2D eigenvalue weighted by Gasteiger charge is -2.13. The second-order valence-corrected chi connectivity index (χ2v) is 12.0. The van der Waals surface area contributed by atoms with Crippen molar-refractivity contribution in [3.05, 3.63) is 69.5 Å². The van der Waals surface area contributed by atoms with Crippen LogP contribution in [0.5, 0.6) is 0 Å². The number of rotatable bonds is 10. The zero-order valence-electron chi connectivity index (χ0n) is 20.3. The summed E-state index contributed by atoms with van der Waals surface area (Å²) in [5, 5.41) is 22.2. The Hall–Kier alpha value is -2.85. The number of nitrogens with zero attached hydrogens (tertiary/aromatic N) is 5. The van der Waals surface area contributed by atoms with Gasteiger partial charge in [0.05, 0.1) is 34.1 Å². The molecule has 2 N–H and O–H groups in total. The van der Waals surface area contributed by atoms with Crippen molar-refractivity contribution in [3.63, 3.8) is 0 Å². The van der Waals surface area contributed by atoms with Gasteiger partial charge in [-0.1, -0.05) is 71.1 Å². The van der Waals surface area contributed by atoms with Crippen LogP contribution >= 0.6 is 58.1 Å². The van der Waals surface area contributed by atoms with E-state index >= 15 is 0 Å². The van der Waals surface area contributed by atoms with Gasteiger partial charge in [0, 0.05) is 5.02 Å². The molecule has 2 amide bonds. The first kappa shape index (κ1) is 30.1. The molecule has 0 unspecified atom stereocenters. The summed E-state index contributed by atoms with van der Waals surface area (Å²) in [5.74, 6) is -0.203. The largest absolute Gasteiger partial charge is 0.416 e. The molecule has 0 aliphatic heterocycles. The molecule has 4 aromatic rings. The van der Waals surface area contributed by atoms with Crippen LogP contribution in [0, 0.1) is 0 Å². The third kappa shape index (κ3) is 7.66. The van der Waals surface area contributed by atoms with Gasteiger partial charge in [-0.25, -0.2) is 0 Å². The van der Waals surface area contributed by atoms with E-state index in [1.54, 1.807) is 0 Å². The van der Waals surface area contributed by atoms with Gasteiger partial charge in [-0.3, -0.25) is 19.5 Å². The summed E-state index contributed by atoms with van der Waals surface area (Å²) < 4.78 is 42.4. The van der Waals surface area contributed by atoms with Crippen molar-refractivity contribution >= 4 is 75.0 Å². The van der Waals surface area contributed by atoms with Crippen LogP contribution in [0.2, 0.25) is 10.0 Å². The number of hydrogen-bond donors (Lipinski definition) is 2. The Balaban J connectivity index is 1.56. The standard InChI is InChI=1S/C23H18Cl2F3N7O2S3/c1-2-38-22-34-32-20(40-22)30-18(36)11-39-21-33-31-17(10-29-19(37)15-9-13(24)6-7-16(15)25)35(21)14-5-3-4-12(8-14)23(26,27)28/h3-9H,2,10-11H2,1H3,(H,29,37)(H,30,32,36). The summed E-state index contributed by atoms with van der Waals surface area (Å²) in [6, 6.07) is 8.93. The molecule has 17 heteroatoms. The Bertz CT molecular complexity index is 1530. The molecule has 210 valence electrons. The second-order valence-electron chi connectivity index (χ2n) is 7.73. The summed E-state index contributed by atoms with van der Waals surface area (Å²) in [7, 11) is 0. The van der Waals surface area contributed by atoms with Crippen LogP contribution < -0.4 is 10.6 Å². The number of amides is 2. The Morgan fingerprint density at radius 3 is 2.60 bits per heavy atom. The molecule has 0 radical (unpaired) electrons. The van der Waals surface area contributed by atoms with Crippen LogP contribution in [0.3, 0.4) is 0 Å². The minimum atomic E-state index is -4.59. The van der Waals surface area contributed by atoms with Crippen molar-refractivity contribution in [1.82, 2.24) is 30.3 Å². The normalized spacial score (nSPS) is 11.4. The molecule has 0 aliphatic carbocycles. The van der Waals surface area contributed by atoms with E-state index in [9.17, 15) is 22.8 Å². The third-order valence-electron chi connectivity index (χ3n) is 4.97. The average Bonchev–Trinajstić information content (AvgIpc) is 3.53. The van der Waals surface area contributed by atoms with E-state index in [0.717, 1.165) is 29.6 Å². The molecule has 4 rings (SSSR count). The molecule has 0 atom stereocenters. The SMILES string of the molecule is CCSc1nnc(NC(=O)CSc2nnc(CNC(=O)c3cc(Cl)ccc3Cl)n2-c2cccc(C(F)(F)F)c2)s1. The zero-order valence-corrected chi connectivity index (χ0v) is 24.3. The quantitative estimate of drug-likeness (QED) is 0.154. The third-order valence-corrected chi connectivity index (χ3v) is 8.31. The average molecular weight is 649 g/mol. The molecule has 0 aliphatic rings. The van der Waals surface area contributed by atoms with Crippen molar-refractivity contribution in [2.75, 3.05) is 16.8 Å². The molecule has 2 aromatic carbocycles. The molecular formula is C23H18Cl2F3N7O2S3. The molecule has 2 heterocycles. The number of carbonyl (C=O) groups excluding carboxylic acids is 2. The number of benzene rings is 2. The molecular weight excluding hydrogens is 630 g/mol. The highest BCUT2D eigenvalue weighted by Crippen LogP contribution is 2.32. The fourth-order valence-electron chi connectivity index (χ4n) is 3.24. The zero-order chi connectivity index (χ0) is 28.9. The number of thioether (sulfide) groups is 2. The topological polar surface area (TPSA) is 115 Å². The summed E-state index contributed by atoms with van der Waals surface area (Å²) in [6.07, 6.45) is -4.59. The lowest BCUT2D eigenvalue weighted by atomic mass is 10.2. The van der Waals surface area contributed by atoms with Crippen LogP contribution in [0.4, 0.5) is 18.3 Å². The first-order chi connectivity index (χ1) is 19.0. The van der Waals surface area contributed by atoms with Crippen LogP contribution in [-0.4, -0.2) is 48.3 Å². The predicted molar refractivity (Wildman–Crippen MR) is 150 cm³/mol. The predicted octanol–water partition coefficient (Wildman–Crippen LogP) is 6.22. The van der Waals surface area contributed by atoms with E-state index < -0.39 is 23.6 Å². The fourth-order valence-corrected chi connectivity index (χ4v) is 6.05. The van der Waals surface area contributed by atoms with Crippen LogP contribution in [0.1, 0.15) is 28.7 Å². The van der Waals surface area contributed by atoms with Gasteiger partial charge in [-0.15, -0.1) is 20.4 Å². The fraction of sp³-hybridized carbons (Fsp3) is 0.217. The van der Waals surface area contributed by atoms with Crippen LogP contribution in [0.25, 0.3) is 5.69 Å². The first-order valence-electron chi connectivity index (χ1n) is 11.3. The van der Waals surface area contributed by atoms with Gasteiger partial charge in [0.2, 0.25) is 11.0 Å². The Kier molecular flexibility index (Phi) is 9.94. The number of alkyl halides is 3. The maximum absolute atomic E-state index is 13.4. The number of halogens is 5. The van der Waals surface area contributed by atoms with E-state index in [0.29, 0.717) is 14.5 Å². The van der Waals surface area contributed by atoms with Gasteiger partial charge in [-0.2, -0.15) is 13.2 Å². The van der Waals surface area contributed by atoms with Crippen molar-refractivity contribution in [1.29, 1.82) is 0 Å². The highest BCUT2D eigenvalue weighted by atomic mass is 35.5. The smallest absolute Gasteiger partial charge is 0.345 e. The molecule has 2 aromatic heterocycles. The Morgan fingerprint density at radius 2 is 1.85 bits per heavy atom. The van der Waals surface area contributed by atoms with E-state index in [4.69, 9.17) is 23.2 Å². The number of hydrogen-bond acceptors (Lipinski definition) is 9. The minimum absolute atomic E-state index is 0.0955. The van der Waals surface area contributed by atoms with Crippen molar-refractivity contribution in [2.24, 2.45) is 0 Å². The van der Waals surface area contributed by atoms with Crippen LogP contribution in [-0.2, 0) is 17.5 Å². The Morgan fingerprint density at radius 1 is 1.05 bits per heavy atom. The second kappa shape index (κ2) is 13.2. The van der Waals surface area contributed by atoms with E-state index in [1.165, 1.54) is 58.0 Å². The van der Waals surface area contributed by atoms with Crippen molar-refractivity contribution < 1.29 is 22.8 Å². The number of nitrogens with one attached hydrogen (secondary N) is 2. The van der Waals surface area contributed by atoms with Crippen molar-refractivity contribution in [3.8, 4) is 5.69 Å². The summed E-state index contributed by atoms with van der Waals surface area (Å²) in [5.41, 5.74) is -0.675. The van der Waals surface area contributed by atoms with Gasteiger partial charge in [0.1, 0.15) is 0 Å². The molecule has 0 fully saturated rings. The Labute approximate surface area is 248 Å². The van der Waals surface area contributed by atoms with E-state index in [1.807, 2.05) is 6.92 Å². The number of carbonyl (C=O) groups is 2.